The molecule has 0 radical (unpaired) electrons. The van der Waals surface area contributed by atoms with E-state index in [2.05, 4.69) is 0 Å². The van der Waals surface area contributed by atoms with Gasteiger partial charge in [0.25, 0.3) is 0 Å². The predicted octanol–water partition coefficient (Wildman–Crippen LogP) is 1.99. The minimum Gasteiger partial charge on any atom is -0.496 e. The Balaban J connectivity index is 2.71. The fourth-order valence-corrected chi connectivity index (χ4v) is 2.18. The Kier molecular flexibility index (Phi) is 3.70. The van der Waals surface area contributed by atoms with Gasteiger partial charge in [-0.2, -0.15) is 0 Å². The Morgan fingerprint density at radius 2 is 1.60 bits per heavy atom. The van der Waals surface area contributed by atoms with Gasteiger partial charge in [-0.1, -0.05) is 6.92 Å². The fraction of sp³-hybridized carbons (Fsp3) is 0.267. The summed E-state index contributed by atoms with van der Waals surface area (Å²) in [5.41, 5.74) is 0.136. The van der Waals surface area contributed by atoms with Gasteiger partial charge in [-0.05, 0) is 12.1 Å². The molecule has 0 heterocycles. The first-order valence-electron chi connectivity index (χ1n) is 6.14. The van der Waals surface area contributed by atoms with Crippen molar-refractivity contribution in [3.8, 4) is 11.5 Å². The third kappa shape index (κ3) is 2.01. The molecule has 0 aliphatic heterocycles. The third-order valence-corrected chi connectivity index (χ3v) is 3.18. The van der Waals surface area contributed by atoms with E-state index in [4.69, 9.17) is 9.47 Å². The Bertz CT molecular complexity index is 640. The van der Waals surface area contributed by atoms with Crippen LogP contribution in [0.2, 0.25) is 0 Å². The predicted molar refractivity (Wildman–Crippen MR) is 71.6 cm³/mol. The second-order valence-electron chi connectivity index (χ2n) is 4.25. The summed E-state index contributed by atoms with van der Waals surface area (Å²) >= 11 is 0. The molecule has 2 rings (SSSR count). The molecule has 5 nitrogen and oxygen atoms in total. The zero-order valence-electron chi connectivity index (χ0n) is 11.5. The van der Waals surface area contributed by atoms with E-state index in [1.54, 1.807) is 19.1 Å². The van der Waals surface area contributed by atoms with Gasteiger partial charge in [-0.25, -0.2) is 0 Å². The number of allylic oxidation sites excluding steroid dienone is 2. The highest BCUT2D eigenvalue weighted by Crippen LogP contribution is 2.36. The third-order valence-electron chi connectivity index (χ3n) is 3.18. The lowest BCUT2D eigenvalue weighted by atomic mass is 9.86. The van der Waals surface area contributed by atoms with Crippen molar-refractivity contribution in [2.75, 3.05) is 14.2 Å². The zero-order valence-corrected chi connectivity index (χ0v) is 11.5. The largest absolute Gasteiger partial charge is 0.496 e. The molecular weight excluding hydrogens is 260 g/mol. The van der Waals surface area contributed by atoms with Gasteiger partial charge in [0.2, 0.25) is 5.78 Å². The Morgan fingerprint density at radius 3 is 2.10 bits per heavy atom. The van der Waals surface area contributed by atoms with Crippen LogP contribution in [0.25, 0.3) is 0 Å². The average Bonchev–Trinajstić information content (AvgIpc) is 2.48. The summed E-state index contributed by atoms with van der Waals surface area (Å²) in [5, 5.41) is 0. The maximum absolute atomic E-state index is 12.4. The zero-order chi connectivity index (χ0) is 14.9. The molecule has 0 atom stereocenters. The molecule has 0 amide bonds. The van der Waals surface area contributed by atoms with E-state index in [-0.39, 0.29) is 34.7 Å². The second-order valence-corrected chi connectivity index (χ2v) is 4.25. The number of ketones is 3. The lowest BCUT2D eigenvalue weighted by Crippen LogP contribution is -2.23. The highest BCUT2D eigenvalue weighted by atomic mass is 16.5. The minimum absolute atomic E-state index is 0.0937. The first-order chi connectivity index (χ1) is 9.54. The lowest BCUT2D eigenvalue weighted by Gasteiger charge is -2.19. The minimum atomic E-state index is -0.498. The molecule has 1 aromatic carbocycles. The van der Waals surface area contributed by atoms with Crippen LogP contribution in [0.15, 0.2) is 23.8 Å². The van der Waals surface area contributed by atoms with E-state index in [9.17, 15) is 14.4 Å². The van der Waals surface area contributed by atoms with Crippen LogP contribution in [0.4, 0.5) is 0 Å². The molecule has 0 unspecified atom stereocenters. The lowest BCUT2D eigenvalue weighted by molar-refractivity contribution is -0.114. The van der Waals surface area contributed by atoms with Gasteiger partial charge in [0.05, 0.1) is 30.9 Å². The van der Waals surface area contributed by atoms with Crippen LogP contribution in [0, 0.1) is 0 Å². The van der Waals surface area contributed by atoms with E-state index in [0.29, 0.717) is 5.75 Å². The fourth-order valence-electron chi connectivity index (χ4n) is 2.18. The van der Waals surface area contributed by atoms with Crippen LogP contribution in [0.3, 0.4) is 0 Å². The summed E-state index contributed by atoms with van der Waals surface area (Å²) in [4.78, 5) is 36.4. The molecule has 1 aliphatic carbocycles. The van der Waals surface area contributed by atoms with Gasteiger partial charge in [0.1, 0.15) is 11.5 Å². The molecule has 1 aliphatic rings. The van der Waals surface area contributed by atoms with Gasteiger partial charge in [-0.15, -0.1) is 0 Å². The monoisotopic (exact) mass is 274 g/mol. The molecular formula is C15H14O5. The standard InChI is InChI=1S/C15H14O5/c1-4-9(16)8-7-10(17)13-11(19-2)5-6-12(20-3)14(13)15(8)18/h5-7H,4H2,1-3H3. The van der Waals surface area contributed by atoms with Crippen LogP contribution in [0.5, 0.6) is 11.5 Å². The first-order valence-corrected chi connectivity index (χ1v) is 6.14. The quantitative estimate of drug-likeness (QED) is 0.785. The summed E-state index contributed by atoms with van der Waals surface area (Å²) < 4.78 is 10.2. The molecule has 0 spiro atoms. The second kappa shape index (κ2) is 5.28. The molecule has 5 heteroatoms. The number of hydrogen-bond acceptors (Lipinski definition) is 5. The highest BCUT2D eigenvalue weighted by molar-refractivity contribution is 6.36. The van der Waals surface area contributed by atoms with Crippen molar-refractivity contribution in [2.24, 2.45) is 0 Å². The van der Waals surface area contributed by atoms with Crippen molar-refractivity contribution in [2.45, 2.75) is 13.3 Å². The number of carbonyl (C=O) groups excluding carboxylic acids is 3. The van der Waals surface area contributed by atoms with Crippen LogP contribution >= 0.6 is 0 Å². The number of fused-ring (bicyclic) bond motifs is 1. The van der Waals surface area contributed by atoms with E-state index in [1.807, 2.05) is 0 Å². The van der Waals surface area contributed by atoms with Crippen LogP contribution < -0.4 is 9.47 Å². The molecule has 0 fully saturated rings. The average molecular weight is 274 g/mol. The molecule has 1 aromatic rings. The van der Waals surface area contributed by atoms with Crippen LogP contribution in [-0.4, -0.2) is 31.6 Å². The smallest absolute Gasteiger partial charge is 0.201 e. The van der Waals surface area contributed by atoms with Crippen molar-refractivity contribution in [3.05, 3.63) is 34.9 Å². The molecule has 0 bridgehead atoms. The number of methoxy groups -OCH3 is 2. The van der Waals surface area contributed by atoms with Gasteiger partial charge in [0.15, 0.2) is 11.6 Å². The molecule has 0 N–H and O–H groups in total. The molecule has 20 heavy (non-hydrogen) atoms. The molecule has 0 saturated heterocycles. The van der Waals surface area contributed by atoms with Crippen molar-refractivity contribution >= 4 is 17.3 Å². The summed E-state index contributed by atoms with van der Waals surface area (Å²) in [6, 6.07) is 3.10. The molecule has 104 valence electrons. The highest BCUT2D eigenvalue weighted by Gasteiger charge is 2.34. The van der Waals surface area contributed by atoms with Crippen molar-refractivity contribution in [1.82, 2.24) is 0 Å². The summed E-state index contributed by atoms with van der Waals surface area (Å²) in [5.74, 6) is -0.736. The van der Waals surface area contributed by atoms with E-state index in [0.717, 1.165) is 6.08 Å². The number of Topliss-reactive ketones (excluding diaryl/α,β-unsaturated/α-hetero) is 2. The molecule has 0 saturated carbocycles. The summed E-state index contributed by atoms with van der Waals surface area (Å²) in [6.45, 7) is 1.64. The SMILES string of the molecule is CCC(=O)C1=CC(=O)c2c(OC)ccc(OC)c2C1=O. The number of ether oxygens (including phenoxy) is 2. The van der Waals surface area contributed by atoms with E-state index >= 15 is 0 Å². The van der Waals surface area contributed by atoms with E-state index < -0.39 is 11.6 Å². The van der Waals surface area contributed by atoms with Gasteiger partial charge >= 0.3 is 0 Å². The summed E-state index contributed by atoms with van der Waals surface area (Å²) in [7, 11) is 2.82. The van der Waals surface area contributed by atoms with Crippen LogP contribution in [-0.2, 0) is 4.79 Å². The van der Waals surface area contributed by atoms with Crippen LogP contribution in [0.1, 0.15) is 34.1 Å². The first kappa shape index (κ1) is 14.0. The van der Waals surface area contributed by atoms with Crippen molar-refractivity contribution in [3.63, 3.8) is 0 Å². The topological polar surface area (TPSA) is 69.7 Å². The number of hydrogen-bond donors (Lipinski definition) is 0. The number of rotatable bonds is 4. The van der Waals surface area contributed by atoms with E-state index in [1.165, 1.54) is 14.2 Å². The summed E-state index contributed by atoms with van der Waals surface area (Å²) in [6.07, 6.45) is 1.24. The Labute approximate surface area is 116 Å². The number of benzene rings is 1. The Hall–Kier alpha value is -2.43. The maximum atomic E-state index is 12.4. The normalized spacial score (nSPS) is 13.7. The van der Waals surface area contributed by atoms with Gasteiger partial charge in [-0.3, -0.25) is 14.4 Å². The van der Waals surface area contributed by atoms with Crippen molar-refractivity contribution < 1.29 is 23.9 Å². The number of carbonyl (C=O) groups is 3. The van der Waals surface area contributed by atoms with Gasteiger partial charge in [0, 0.05) is 12.5 Å². The van der Waals surface area contributed by atoms with Gasteiger partial charge < -0.3 is 9.47 Å². The molecule has 0 aromatic heterocycles. The van der Waals surface area contributed by atoms with Crippen molar-refractivity contribution in [1.29, 1.82) is 0 Å². The maximum Gasteiger partial charge on any atom is 0.201 e. The Morgan fingerprint density at radius 1 is 1.05 bits per heavy atom.